The van der Waals surface area contributed by atoms with Gasteiger partial charge in [-0.3, -0.25) is 0 Å². The Labute approximate surface area is 83.9 Å². The number of rotatable bonds is 7. The second-order valence-corrected chi connectivity index (χ2v) is 3.92. The van der Waals surface area contributed by atoms with Gasteiger partial charge in [0.2, 0.25) is 0 Å². The predicted molar refractivity (Wildman–Crippen MR) is 50.1 cm³/mol. The third kappa shape index (κ3) is 7.93. The Morgan fingerprint density at radius 3 is 2.50 bits per heavy atom. The average Bonchev–Trinajstić information content (AvgIpc) is 2.10. The van der Waals surface area contributed by atoms with Gasteiger partial charge in [-0.25, -0.2) is 8.78 Å². The molecule has 0 N–H and O–H groups in total. The van der Waals surface area contributed by atoms with Gasteiger partial charge in [0.05, 0.1) is 11.5 Å². The minimum atomic E-state index is -2.38. The Morgan fingerprint density at radius 1 is 1.36 bits per heavy atom. The Balaban J connectivity index is 3.27. The van der Waals surface area contributed by atoms with Crippen LogP contribution in [0.4, 0.5) is 8.78 Å². The van der Waals surface area contributed by atoms with Gasteiger partial charge in [-0.15, -0.1) is 0 Å². The van der Waals surface area contributed by atoms with E-state index in [1.165, 1.54) is 0 Å². The summed E-state index contributed by atoms with van der Waals surface area (Å²) in [6.07, 6.45) is -0.0334. The molecule has 0 heterocycles. The van der Waals surface area contributed by atoms with Crippen LogP contribution < -0.4 is 0 Å². The summed E-state index contributed by atoms with van der Waals surface area (Å²) in [5, 5.41) is 8.69. The molecule has 2 nitrogen and oxygen atoms in total. The van der Waals surface area contributed by atoms with Gasteiger partial charge < -0.3 is 4.74 Å². The first-order valence-electron chi connectivity index (χ1n) is 4.75. The van der Waals surface area contributed by atoms with E-state index in [9.17, 15) is 8.78 Å². The Kier molecular flexibility index (Phi) is 6.39. The van der Waals surface area contributed by atoms with Crippen molar-refractivity contribution in [2.45, 2.75) is 39.5 Å². The minimum absolute atomic E-state index is 0.317. The monoisotopic (exact) mass is 205 g/mol. The molecule has 0 fully saturated rings. The Hall–Kier alpha value is -0.690. The van der Waals surface area contributed by atoms with Crippen molar-refractivity contribution < 1.29 is 13.5 Å². The first kappa shape index (κ1) is 13.3. The van der Waals surface area contributed by atoms with Gasteiger partial charge in [0.25, 0.3) is 6.43 Å². The molecule has 0 bridgehead atoms. The maximum absolute atomic E-state index is 11.6. The van der Waals surface area contributed by atoms with E-state index in [1.54, 1.807) is 0 Å². The molecular weight excluding hydrogens is 188 g/mol. The molecule has 82 valence electrons. The molecule has 0 unspecified atom stereocenters. The van der Waals surface area contributed by atoms with Crippen LogP contribution in [0, 0.1) is 16.7 Å². The van der Waals surface area contributed by atoms with Gasteiger partial charge >= 0.3 is 0 Å². The molecule has 0 aliphatic rings. The average molecular weight is 205 g/mol. The van der Waals surface area contributed by atoms with E-state index in [2.05, 4.69) is 6.07 Å². The van der Waals surface area contributed by atoms with E-state index in [0.29, 0.717) is 6.61 Å². The van der Waals surface area contributed by atoms with Crippen molar-refractivity contribution >= 4 is 0 Å². The van der Waals surface area contributed by atoms with Crippen LogP contribution in [0.25, 0.3) is 0 Å². The second-order valence-electron chi connectivity index (χ2n) is 3.92. The number of ether oxygens (including phenoxy) is 1. The van der Waals surface area contributed by atoms with Crippen molar-refractivity contribution in [2.75, 3.05) is 13.2 Å². The van der Waals surface area contributed by atoms with E-state index in [-0.39, 0.29) is 5.41 Å². The second kappa shape index (κ2) is 6.72. The maximum atomic E-state index is 11.6. The van der Waals surface area contributed by atoms with Crippen molar-refractivity contribution in [3.8, 4) is 6.07 Å². The van der Waals surface area contributed by atoms with E-state index in [0.717, 1.165) is 19.3 Å². The molecule has 0 atom stereocenters. The number of nitrogens with zero attached hydrogens (tertiary/aromatic N) is 1. The molecule has 4 heteroatoms. The van der Waals surface area contributed by atoms with Gasteiger partial charge in [-0.2, -0.15) is 5.26 Å². The maximum Gasteiger partial charge on any atom is 0.261 e. The third-order valence-electron chi connectivity index (χ3n) is 1.89. The summed E-state index contributed by atoms with van der Waals surface area (Å²) in [6, 6.07) is 2.19. The number of unbranched alkanes of at least 4 members (excludes halogenated alkanes) is 1. The molecule has 0 aromatic heterocycles. The number of hydrogen-bond acceptors (Lipinski definition) is 2. The zero-order valence-corrected chi connectivity index (χ0v) is 8.72. The molecule has 0 aromatic carbocycles. The zero-order chi connectivity index (χ0) is 11.0. The lowest BCUT2D eigenvalue weighted by atomic mass is 9.89. The lowest BCUT2D eigenvalue weighted by molar-refractivity contribution is 0.0158. The van der Waals surface area contributed by atoms with Gasteiger partial charge in [-0.05, 0) is 33.1 Å². The van der Waals surface area contributed by atoms with Crippen LogP contribution in [0.5, 0.6) is 0 Å². The molecule has 0 radical (unpaired) electrons. The summed E-state index contributed by atoms with van der Waals surface area (Å²) in [4.78, 5) is 0. The van der Waals surface area contributed by atoms with E-state index >= 15 is 0 Å². The van der Waals surface area contributed by atoms with Crippen molar-refractivity contribution in [1.82, 2.24) is 0 Å². The van der Waals surface area contributed by atoms with Crippen molar-refractivity contribution in [3.05, 3.63) is 0 Å². The summed E-state index contributed by atoms with van der Waals surface area (Å²) in [5.74, 6) is 0. The molecule has 0 aliphatic heterocycles. The molecule has 0 saturated carbocycles. The number of halogens is 2. The van der Waals surface area contributed by atoms with Crippen LogP contribution in [0.1, 0.15) is 33.1 Å². The first-order valence-corrected chi connectivity index (χ1v) is 4.75. The van der Waals surface area contributed by atoms with Crippen LogP contribution in [0.3, 0.4) is 0 Å². The number of hydrogen-bond donors (Lipinski definition) is 0. The van der Waals surface area contributed by atoms with Gasteiger partial charge in [0, 0.05) is 6.61 Å². The highest BCUT2D eigenvalue weighted by Gasteiger charge is 2.15. The highest BCUT2D eigenvalue weighted by Crippen LogP contribution is 2.21. The highest BCUT2D eigenvalue weighted by molar-refractivity contribution is 4.91. The van der Waals surface area contributed by atoms with Crippen LogP contribution in [-0.2, 0) is 4.74 Å². The molecule has 0 amide bonds. The number of alkyl halides is 2. The van der Waals surface area contributed by atoms with Crippen molar-refractivity contribution in [1.29, 1.82) is 5.26 Å². The molecule has 14 heavy (non-hydrogen) atoms. The fourth-order valence-corrected chi connectivity index (χ4v) is 0.999. The summed E-state index contributed by atoms with van der Waals surface area (Å²) < 4.78 is 28.0. The lowest BCUT2D eigenvalue weighted by Crippen LogP contribution is -2.09. The quantitative estimate of drug-likeness (QED) is 0.598. The smallest absolute Gasteiger partial charge is 0.261 e. The van der Waals surface area contributed by atoms with E-state index in [4.69, 9.17) is 10.00 Å². The predicted octanol–water partition coefficient (Wildman–Crippen LogP) is 2.99. The summed E-state index contributed by atoms with van der Waals surface area (Å²) in [5.41, 5.74) is -0.317. The van der Waals surface area contributed by atoms with E-state index in [1.807, 2.05) is 13.8 Å². The minimum Gasteiger partial charge on any atom is -0.376 e. The van der Waals surface area contributed by atoms with Crippen molar-refractivity contribution in [2.24, 2.45) is 5.41 Å². The summed E-state index contributed by atoms with van der Waals surface area (Å²) in [7, 11) is 0. The standard InChI is InChI=1S/C10H17F2NO/c1-10(2,8-13)5-3-4-6-14-7-9(11)12/h9H,3-7H2,1-2H3. The summed E-state index contributed by atoms with van der Waals surface area (Å²) in [6.45, 7) is 3.60. The SMILES string of the molecule is CC(C)(C#N)CCCCOCC(F)F. The fourth-order valence-electron chi connectivity index (χ4n) is 0.999. The zero-order valence-electron chi connectivity index (χ0n) is 8.72. The fraction of sp³-hybridized carbons (Fsp3) is 0.900. The Bertz CT molecular complexity index is 187. The van der Waals surface area contributed by atoms with Gasteiger partial charge in [-0.1, -0.05) is 0 Å². The number of nitriles is 1. The van der Waals surface area contributed by atoms with Crippen LogP contribution in [0.2, 0.25) is 0 Å². The topological polar surface area (TPSA) is 33.0 Å². The van der Waals surface area contributed by atoms with Gasteiger partial charge in [0.1, 0.15) is 6.61 Å². The van der Waals surface area contributed by atoms with Gasteiger partial charge in [0.15, 0.2) is 0 Å². The van der Waals surface area contributed by atoms with Crippen LogP contribution in [-0.4, -0.2) is 19.6 Å². The summed E-state index contributed by atoms with van der Waals surface area (Å²) >= 11 is 0. The first-order chi connectivity index (χ1) is 6.48. The molecule has 0 saturated heterocycles. The molecule has 0 rings (SSSR count). The third-order valence-corrected chi connectivity index (χ3v) is 1.89. The van der Waals surface area contributed by atoms with E-state index < -0.39 is 13.0 Å². The van der Waals surface area contributed by atoms with Crippen LogP contribution >= 0.6 is 0 Å². The largest absolute Gasteiger partial charge is 0.376 e. The normalized spacial score (nSPS) is 11.7. The molecular formula is C10H17F2NO. The van der Waals surface area contributed by atoms with Crippen molar-refractivity contribution in [3.63, 3.8) is 0 Å². The Morgan fingerprint density at radius 2 is 2.00 bits per heavy atom. The lowest BCUT2D eigenvalue weighted by Gasteiger charge is -2.14. The van der Waals surface area contributed by atoms with Crippen LogP contribution in [0.15, 0.2) is 0 Å². The molecule has 0 spiro atoms. The molecule has 0 aromatic rings. The molecule has 0 aliphatic carbocycles. The highest BCUT2D eigenvalue weighted by atomic mass is 19.3.